The number of nitrogens with zero attached hydrogens (tertiary/aromatic N) is 1. The Kier molecular flexibility index (Phi) is 4.09. The third-order valence-corrected chi connectivity index (χ3v) is 4.05. The molecule has 1 unspecified atom stereocenters. The number of nitrogens with one attached hydrogen (secondary N) is 2. The van der Waals surface area contributed by atoms with Crippen molar-refractivity contribution in [1.29, 1.82) is 0 Å². The zero-order chi connectivity index (χ0) is 10.6. The summed E-state index contributed by atoms with van der Waals surface area (Å²) in [4.78, 5) is 0.164. The lowest BCUT2D eigenvalue weighted by Crippen LogP contribution is -2.35. The van der Waals surface area contributed by atoms with Crippen LogP contribution in [0.1, 0.15) is 13.3 Å². The van der Waals surface area contributed by atoms with Crippen molar-refractivity contribution in [2.45, 2.75) is 24.3 Å². The number of rotatable bonds is 5. The largest absolute Gasteiger partial charge is 0.284 e. The molecule has 2 N–H and O–H groups in total. The first kappa shape index (κ1) is 11.7. The van der Waals surface area contributed by atoms with Crippen LogP contribution in [0.2, 0.25) is 0 Å². The van der Waals surface area contributed by atoms with Crippen LogP contribution >= 0.6 is 15.9 Å². The van der Waals surface area contributed by atoms with Gasteiger partial charge in [-0.15, -0.1) is 0 Å². The summed E-state index contributed by atoms with van der Waals surface area (Å²) < 4.78 is 25.8. The third-order valence-electron chi connectivity index (χ3n) is 1.78. The fourth-order valence-electron chi connectivity index (χ4n) is 0.897. The summed E-state index contributed by atoms with van der Waals surface area (Å²) in [7, 11) is -3.41. The van der Waals surface area contributed by atoms with E-state index < -0.39 is 10.0 Å². The molecule has 0 saturated carbocycles. The molecular weight excluding hydrogens is 270 g/mol. The van der Waals surface area contributed by atoms with Crippen molar-refractivity contribution < 1.29 is 8.42 Å². The summed E-state index contributed by atoms with van der Waals surface area (Å²) in [6.07, 6.45) is 3.37. The Balaban J connectivity index is 2.77. The quantitative estimate of drug-likeness (QED) is 0.787. The second-order valence-corrected chi connectivity index (χ2v) is 5.18. The molecule has 1 atom stereocenters. The number of aromatic amines is 1. The smallest absolute Gasteiger partial charge is 0.243 e. The lowest BCUT2D eigenvalue weighted by atomic mass is 10.3. The maximum atomic E-state index is 11.6. The molecule has 5 nitrogen and oxygen atoms in total. The first-order chi connectivity index (χ1) is 6.60. The van der Waals surface area contributed by atoms with E-state index in [0.29, 0.717) is 5.33 Å². The van der Waals surface area contributed by atoms with Crippen molar-refractivity contribution in [2.24, 2.45) is 0 Å². The van der Waals surface area contributed by atoms with Crippen LogP contribution in [0.25, 0.3) is 0 Å². The summed E-state index contributed by atoms with van der Waals surface area (Å²) in [6.45, 7) is 1.92. The molecule has 80 valence electrons. The maximum Gasteiger partial charge on any atom is 0.243 e. The predicted molar refractivity (Wildman–Crippen MR) is 56.8 cm³/mol. The van der Waals surface area contributed by atoms with Crippen molar-refractivity contribution >= 4 is 26.0 Å². The van der Waals surface area contributed by atoms with Gasteiger partial charge in [0, 0.05) is 17.6 Å². The first-order valence-corrected chi connectivity index (χ1v) is 6.77. The topological polar surface area (TPSA) is 74.8 Å². The van der Waals surface area contributed by atoms with Crippen LogP contribution in [0, 0.1) is 0 Å². The number of sulfonamides is 1. The zero-order valence-corrected chi connectivity index (χ0v) is 10.1. The van der Waals surface area contributed by atoms with Crippen LogP contribution in [0.5, 0.6) is 0 Å². The molecule has 1 rings (SSSR count). The van der Waals surface area contributed by atoms with Gasteiger partial charge >= 0.3 is 0 Å². The molecule has 0 aromatic carbocycles. The summed E-state index contributed by atoms with van der Waals surface area (Å²) in [6, 6.07) is -0.0881. The lowest BCUT2D eigenvalue weighted by molar-refractivity contribution is 0.559. The van der Waals surface area contributed by atoms with Gasteiger partial charge in [-0.2, -0.15) is 5.10 Å². The van der Waals surface area contributed by atoms with E-state index in [4.69, 9.17) is 0 Å². The highest BCUT2D eigenvalue weighted by Crippen LogP contribution is 2.07. The number of alkyl halides is 1. The minimum atomic E-state index is -3.41. The first-order valence-electron chi connectivity index (χ1n) is 4.17. The average molecular weight is 282 g/mol. The Morgan fingerprint density at radius 2 is 2.43 bits per heavy atom. The van der Waals surface area contributed by atoms with E-state index in [-0.39, 0.29) is 10.9 Å². The van der Waals surface area contributed by atoms with Crippen LogP contribution < -0.4 is 4.72 Å². The van der Waals surface area contributed by atoms with Crippen molar-refractivity contribution in [3.8, 4) is 0 Å². The van der Waals surface area contributed by atoms with Crippen molar-refractivity contribution in [1.82, 2.24) is 14.9 Å². The van der Waals surface area contributed by atoms with Gasteiger partial charge < -0.3 is 0 Å². The van der Waals surface area contributed by atoms with E-state index in [2.05, 4.69) is 30.8 Å². The molecule has 0 spiro atoms. The van der Waals surface area contributed by atoms with Crippen molar-refractivity contribution in [2.75, 3.05) is 5.33 Å². The van der Waals surface area contributed by atoms with Gasteiger partial charge in [0.2, 0.25) is 10.0 Å². The number of halogens is 1. The van der Waals surface area contributed by atoms with Gasteiger partial charge in [0.05, 0.1) is 6.20 Å². The van der Waals surface area contributed by atoms with Gasteiger partial charge in [0.1, 0.15) is 4.90 Å². The molecule has 0 amide bonds. The summed E-state index contributed by atoms with van der Waals surface area (Å²) in [5.41, 5.74) is 0. The van der Waals surface area contributed by atoms with Gasteiger partial charge in [-0.3, -0.25) is 5.10 Å². The maximum absolute atomic E-state index is 11.6. The molecule has 0 bridgehead atoms. The molecule has 1 heterocycles. The van der Waals surface area contributed by atoms with Gasteiger partial charge in [-0.05, 0) is 6.42 Å². The molecule has 1 aromatic heterocycles. The molecular formula is C7H12BrN3O2S. The third kappa shape index (κ3) is 2.79. The second-order valence-electron chi connectivity index (χ2n) is 2.81. The van der Waals surface area contributed by atoms with Gasteiger partial charge in [-0.25, -0.2) is 13.1 Å². The fourth-order valence-corrected chi connectivity index (χ4v) is 2.96. The van der Waals surface area contributed by atoms with Crippen LogP contribution in [0.4, 0.5) is 0 Å². The molecule has 0 fully saturated rings. The Morgan fingerprint density at radius 3 is 2.86 bits per heavy atom. The van der Waals surface area contributed by atoms with E-state index in [1.807, 2.05) is 6.92 Å². The van der Waals surface area contributed by atoms with Crippen LogP contribution in [0.3, 0.4) is 0 Å². The van der Waals surface area contributed by atoms with Gasteiger partial charge in [0.25, 0.3) is 0 Å². The fraction of sp³-hybridized carbons (Fsp3) is 0.571. The zero-order valence-electron chi connectivity index (χ0n) is 7.70. The number of hydrogen-bond acceptors (Lipinski definition) is 3. The molecule has 0 saturated heterocycles. The highest BCUT2D eigenvalue weighted by atomic mass is 79.9. The highest BCUT2D eigenvalue weighted by molar-refractivity contribution is 9.09. The molecule has 14 heavy (non-hydrogen) atoms. The average Bonchev–Trinajstić information content (AvgIpc) is 2.67. The SMILES string of the molecule is CCC(CBr)NS(=O)(=O)c1cn[nH]c1. The highest BCUT2D eigenvalue weighted by Gasteiger charge is 2.18. The van der Waals surface area contributed by atoms with Gasteiger partial charge in [-0.1, -0.05) is 22.9 Å². The Labute approximate surface area is 91.5 Å². The van der Waals surface area contributed by atoms with Crippen LogP contribution in [-0.4, -0.2) is 30.0 Å². The van der Waals surface area contributed by atoms with E-state index in [0.717, 1.165) is 6.42 Å². The standard InChI is InChI=1S/C7H12BrN3O2S/c1-2-6(3-8)11-14(12,13)7-4-9-10-5-7/h4-6,11H,2-3H2,1H3,(H,9,10). The van der Waals surface area contributed by atoms with E-state index >= 15 is 0 Å². The van der Waals surface area contributed by atoms with Crippen LogP contribution in [-0.2, 0) is 10.0 Å². The van der Waals surface area contributed by atoms with E-state index in [1.54, 1.807) is 0 Å². The second kappa shape index (κ2) is 4.90. The summed E-state index contributed by atoms with van der Waals surface area (Å²) in [5, 5.41) is 6.65. The number of H-pyrrole nitrogens is 1. The number of aromatic nitrogens is 2. The normalized spacial score (nSPS) is 14.1. The molecule has 0 aliphatic rings. The lowest BCUT2D eigenvalue weighted by Gasteiger charge is -2.12. The Hall–Kier alpha value is -0.400. The van der Waals surface area contributed by atoms with E-state index in [9.17, 15) is 8.42 Å². The Morgan fingerprint density at radius 1 is 1.71 bits per heavy atom. The molecule has 0 radical (unpaired) electrons. The predicted octanol–water partition coefficient (Wildman–Crippen LogP) is 0.862. The van der Waals surface area contributed by atoms with Crippen molar-refractivity contribution in [3.63, 3.8) is 0 Å². The minimum absolute atomic E-state index is 0.0881. The van der Waals surface area contributed by atoms with Gasteiger partial charge in [0.15, 0.2) is 0 Å². The van der Waals surface area contributed by atoms with E-state index in [1.165, 1.54) is 12.4 Å². The molecule has 0 aliphatic carbocycles. The molecule has 1 aromatic rings. The monoisotopic (exact) mass is 281 g/mol. The molecule has 7 heteroatoms. The molecule has 0 aliphatic heterocycles. The van der Waals surface area contributed by atoms with Crippen molar-refractivity contribution in [3.05, 3.63) is 12.4 Å². The Bertz CT molecular complexity index is 358. The minimum Gasteiger partial charge on any atom is -0.284 e. The summed E-state index contributed by atoms with van der Waals surface area (Å²) in [5.74, 6) is 0. The van der Waals surface area contributed by atoms with Crippen LogP contribution in [0.15, 0.2) is 17.3 Å². The number of hydrogen-bond donors (Lipinski definition) is 2. The summed E-state index contributed by atoms with van der Waals surface area (Å²) >= 11 is 3.24.